The van der Waals surface area contributed by atoms with Gasteiger partial charge in [0.2, 0.25) is 10.0 Å². The molecule has 0 radical (unpaired) electrons. The summed E-state index contributed by atoms with van der Waals surface area (Å²) in [5.41, 5.74) is 2.14. The highest BCUT2D eigenvalue weighted by molar-refractivity contribution is 9.10. The Morgan fingerprint density at radius 2 is 1.50 bits per heavy atom. The molecule has 46 heavy (non-hydrogen) atoms. The second-order valence-corrected chi connectivity index (χ2v) is 20.3. The van der Waals surface area contributed by atoms with Gasteiger partial charge in [0.05, 0.1) is 11.7 Å². The number of carbonyl (C=O) groups is 1. The number of carbonyl (C=O) groups excluding carboxylic acids is 1. The Kier molecular flexibility index (Phi) is 11.6. The Labute approximate surface area is 281 Å². The lowest BCUT2D eigenvalue weighted by molar-refractivity contribution is 0.0970. The standard InChI is InChI=1S/C36H41BrFNO5SSi/c1-36(2,3)46(4,5)44-32(27-16-19-29(38)20-17-27)22-23-34(45(41,42)39-30-14-10-7-11-15-30)35(40)31-21-18-28(37)24-33(31)43-25-26-12-8-6-9-13-26/h6-21,24,32,34,39H,22-23,25H2,1-5H3/t32-,34?/m1/s1. The van der Waals surface area contributed by atoms with Crippen LogP contribution in [0.1, 0.15) is 61.2 Å². The molecule has 0 saturated heterocycles. The number of halogens is 2. The Morgan fingerprint density at radius 3 is 2.11 bits per heavy atom. The number of anilines is 1. The van der Waals surface area contributed by atoms with E-state index in [1.165, 1.54) is 12.1 Å². The molecule has 0 aliphatic heterocycles. The number of rotatable bonds is 14. The van der Waals surface area contributed by atoms with E-state index >= 15 is 0 Å². The molecular formula is C36H41BrFNO5SSi. The number of ether oxygens (including phenoxy) is 1. The van der Waals surface area contributed by atoms with Gasteiger partial charge >= 0.3 is 0 Å². The van der Waals surface area contributed by atoms with Crippen LogP contribution in [-0.4, -0.2) is 27.8 Å². The van der Waals surface area contributed by atoms with E-state index in [2.05, 4.69) is 54.5 Å². The fourth-order valence-electron chi connectivity index (χ4n) is 4.70. The molecule has 0 spiro atoms. The molecule has 1 unspecified atom stereocenters. The van der Waals surface area contributed by atoms with E-state index < -0.39 is 35.5 Å². The summed E-state index contributed by atoms with van der Waals surface area (Å²) in [5.74, 6) is -0.698. The number of nitrogens with one attached hydrogen (secondary N) is 1. The lowest BCUT2D eigenvalue weighted by Gasteiger charge is -2.39. The van der Waals surface area contributed by atoms with Gasteiger partial charge in [0.25, 0.3) is 0 Å². The predicted octanol–water partition coefficient (Wildman–Crippen LogP) is 9.70. The third kappa shape index (κ3) is 9.37. The number of hydrogen-bond donors (Lipinski definition) is 1. The van der Waals surface area contributed by atoms with Gasteiger partial charge in [-0.1, -0.05) is 97.4 Å². The van der Waals surface area contributed by atoms with Gasteiger partial charge in [-0.15, -0.1) is 0 Å². The summed E-state index contributed by atoms with van der Waals surface area (Å²) in [6, 6.07) is 29.0. The van der Waals surface area contributed by atoms with E-state index in [-0.39, 0.29) is 41.6 Å². The first-order valence-corrected chi connectivity index (χ1v) is 20.4. The van der Waals surface area contributed by atoms with Crippen molar-refractivity contribution < 1.29 is 26.8 Å². The van der Waals surface area contributed by atoms with E-state index in [0.29, 0.717) is 10.2 Å². The van der Waals surface area contributed by atoms with Crippen LogP contribution in [0.2, 0.25) is 18.1 Å². The number of benzene rings is 4. The fourth-order valence-corrected chi connectivity index (χ4v) is 7.82. The Hall–Kier alpha value is -3.31. The summed E-state index contributed by atoms with van der Waals surface area (Å²) >= 11 is 3.46. The molecule has 4 rings (SSSR count). The molecule has 2 atom stereocenters. The predicted molar refractivity (Wildman–Crippen MR) is 189 cm³/mol. The molecule has 1 N–H and O–H groups in total. The third-order valence-electron chi connectivity index (χ3n) is 8.32. The van der Waals surface area contributed by atoms with Crippen LogP contribution in [0, 0.1) is 5.82 Å². The zero-order valence-corrected chi connectivity index (χ0v) is 30.2. The van der Waals surface area contributed by atoms with Gasteiger partial charge in [-0.3, -0.25) is 9.52 Å². The smallest absolute Gasteiger partial charge is 0.243 e. The highest BCUT2D eigenvalue weighted by Gasteiger charge is 2.41. The molecule has 0 heterocycles. The first-order valence-electron chi connectivity index (χ1n) is 15.2. The summed E-state index contributed by atoms with van der Waals surface area (Å²) in [6.45, 7) is 10.8. The fraction of sp³-hybridized carbons (Fsp3) is 0.306. The molecule has 6 nitrogen and oxygen atoms in total. The topological polar surface area (TPSA) is 81.7 Å². The zero-order valence-electron chi connectivity index (χ0n) is 26.8. The Bertz CT molecular complexity index is 1710. The number of sulfonamides is 1. The highest BCUT2D eigenvalue weighted by atomic mass is 79.9. The first-order chi connectivity index (χ1) is 21.7. The van der Waals surface area contributed by atoms with Gasteiger partial charge in [-0.25, -0.2) is 12.8 Å². The number of ketones is 1. The maximum Gasteiger partial charge on any atom is 0.243 e. The van der Waals surface area contributed by atoms with Gasteiger partial charge in [-0.2, -0.15) is 0 Å². The van der Waals surface area contributed by atoms with Crippen molar-refractivity contribution in [3.63, 3.8) is 0 Å². The van der Waals surface area contributed by atoms with Crippen molar-refractivity contribution in [2.75, 3.05) is 4.72 Å². The van der Waals surface area contributed by atoms with Gasteiger partial charge in [-0.05, 0) is 84.6 Å². The monoisotopic (exact) mass is 725 g/mol. The van der Waals surface area contributed by atoms with Crippen molar-refractivity contribution in [2.45, 2.75) is 69.7 Å². The van der Waals surface area contributed by atoms with Crippen LogP contribution in [0.5, 0.6) is 5.75 Å². The van der Waals surface area contributed by atoms with Crippen molar-refractivity contribution in [1.29, 1.82) is 0 Å². The molecule has 0 fully saturated rings. The largest absolute Gasteiger partial charge is 0.488 e. The molecule has 244 valence electrons. The second kappa shape index (κ2) is 15.1. The first kappa shape index (κ1) is 35.5. The summed E-state index contributed by atoms with van der Waals surface area (Å²) < 4.78 is 58.2. The van der Waals surface area contributed by atoms with Crippen LogP contribution >= 0.6 is 15.9 Å². The minimum atomic E-state index is -4.24. The molecular weight excluding hydrogens is 685 g/mol. The zero-order chi connectivity index (χ0) is 33.5. The number of hydrogen-bond acceptors (Lipinski definition) is 5. The summed E-state index contributed by atoms with van der Waals surface area (Å²) in [6.07, 6.45) is -0.394. The van der Waals surface area contributed by atoms with Gasteiger partial charge in [0.1, 0.15) is 23.4 Å². The minimum Gasteiger partial charge on any atom is -0.488 e. The van der Waals surface area contributed by atoms with Crippen LogP contribution < -0.4 is 9.46 Å². The molecule has 0 bridgehead atoms. The second-order valence-electron chi connectivity index (χ2n) is 12.8. The van der Waals surface area contributed by atoms with Crippen LogP contribution in [0.25, 0.3) is 0 Å². The molecule has 0 aromatic heterocycles. The minimum absolute atomic E-state index is 0.0497. The van der Waals surface area contributed by atoms with Crippen molar-refractivity contribution >= 4 is 45.7 Å². The molecule has 0 amide bonds. The van der Waals surface area contributed by atoms with Crippen molar-refractivity contribution in [3.8, 4) is 5.75 Å². The van der Waals surface area contributed by atoms with Gasteiger partial charge in [0, 0.05) is 10.2 Å². The maximum absolute atomic E-state index is 14.4. The number of para-hydroxylation sites is 1. The lowest BCUT2D eigenvalue weighted by Crippen LogP contribution is -2.42. The molecule has 10 heteroatoms. The van der Waals surface area contributed by atoms with Crippen LogP contribution in [-0.2, 0) is 21.1 Å². The Morgan fingerprint density at radius 1 is 0.891 bits per heavy atom. The quantitative estimate of drug-likeness (QED) is 0.103. The normalized spacial score (nSPS) is 13.5. The third-order valence-corrected chi connectivity index (χ3v) is 15.0. The molecule has 0 aliphatic rings. The maximum atomic E-state index is 14.4. The molecule has 0 aliphatic carbocycles. The van der Waals surface area contributed by atoms with Crippen LogP contribution in [0.3, 0.4) is 0 Å². The van der Waals surface area contributed by atoms with Crippen molar-refractivity contribution in [2.24, 2.45) is 0 Å². The van der Waals surface area contributed by atoms with E-state index in [1.54, 1.807) is 60.7 Å². The average molecular weight is 727 g/mol. The Balaban J connectivity index is 1.71. The van der Waals surface area contributed by atoms with Crippen molar-refractivity contribution in [1.82, 2.24) is 0 Å². The summed E-state index contributed by atoms with van der Waals surface area (Å²) in [5, 5.41) is -1.61. The molecule has 0 saturated carbocycles. The van der Waals surface area contributed by atoms with Crippen molar-refractivity contribution in [3.05, 3.63) is 130 Å². The van der Waals surface area contributed by atoms with E-state index in [9.17, 15) is 17.6 Å². The van der Waals surface area contributed by atoms with Crippen LogP contribution in [0.4, 0.5) is 10.1 Å². The van der Waals surface area contributed by atoms with E-state index in [1.807, 2.05) is 30.3 Å². The lowest BCUT2D eigenvalue weighted by atomic mass is 9.99. The summed E-state index contributed by atoms with van der Waals surface area (Å²) in [7, 11) is -6.61. The SMILES string of the molecule is CC(C)(C)[Si](C)(C)O[C@H](CCC(C(=O)c1ccc(Br)cc1OCc1ccccc1)S(=O)(=O)Nc1ccccc1)c1ccc(F)cc1. The van der Waals surface area contributed by atoms with E-state index in [0.717, 1.165) is 11.1 Å². The molecule has 4 aromatic rings. The average Bonchev–Trinajstić information content (AvgIpc) is 3.00. The van der Waals surface area contributed by atoms with E-state index in [4.69, 9.17) is 9.16 Å². The number of Topliss-reactive ketones (excluding diaryl/α,β-unsaturated/α-hetero) is 1. The van der Waals surface area contributed by atoms with Gasteiger partial charge in [0.15, 0.2) is 14.1 Å². The van der Waals surface area contributed by atoms with Gasteiger partial charge < -0.3 is 9.16 Å². The molecule has 4 aromatic carbocycles. The van der Waals surface area contributed by atoms with Crippen LogP contribution in [0.15, 0.2) is 108 Å². The summed E-state index contributed by atoms with van der Waals surface area (Å²) in [4.78, 5) is 14.4. The highest BCUT2D eigenvalue weighted by Crippen LogP contribution is 2.41.